The highest BCUT2D eigenvalue weighted by molar-refractivity contribution is 5.74. The third-order valence-electron chi connectivity index (χ3n) is 8.34. The zero-order valence-corrected chi connectivity index (χ0v) is 35.7. The van der Waals surface area contributed by atoms with Gasteiger partial charge in [0, 0.05) is 59.0 Å². The van der Waals surface area contributed by atoms with E-state index in [0.29, 0.717) is 91.1 Å². The minimum Gasteiger partial charge on any atom is -0.491 e. The predicted octanol–water partition coefficient (Wildman–Crippen LogP) is 3.36. The Balaban J connectivity index is 2.33. The van der Waals surface area contributed by atoms with Gasteiger partial charge in [-0.05, 0) is 93.4 Å². The summed E-state index contributed by atoms with van der Waals surface area (Å²) in [6, 6.07) is 6.46. The number of esters is 3. The minimum atomic E-state index is -0.984. The Morgan fingerprint density at radius 1 is 0.589 bits per heavy atom. The SMILES string of the molecule is CCOCCOCCOc1ccc(C[C@@H](C(=O)O)N2CCN(CC(=O)OC(C)(C)C)CCN(CC(=O)OC(C)(C)C)CCN(CC(=O)OC(C)(C)C)CC2)cc1. The third-order valence-corrected chi connectivity index (χ3v) is 8.34. The number of carbonyl (C=O) groups is 4. The molecule has 0 spiro atoms. The molecule has 2 rings (SSSR count). The Labute approximate surface area is 334 Å². The average Bonchev–Trinajstić information content (AvgIpc) is 3.05. The lowest BCUT2D eigenvalue weighted by Gasteiger charge is -2.36. The Hall–Kier alpha value is -3.34. The number of nitrogens with zero attached hydrogens (tertiary/aromatic N) is 4. The Kier molecular flexibility index (Phi) is 20.7. The summed E-state index contributed by atoms with van der Waals surface area (Å²) in [7, 11) is 0. The molecule has 0 aromatic heterocycles. The summed E-state index contributed by atoms with van der Waals surface area (Å²) in [5, 5.41) is 10.6. The van der Waals surface area contributed by atoms with Crippen molar-refractivity contribution in [2.75, 3.05) is 105 Å². The second-order valence-corrected chi connectivity index (χ2v) is 17.0. The van der Waals surface area contributed by atoms with Gasteiger partial charge in [0.25, 0.3) is 0 Å². The van der Waals surface area contributed by atoms with Gasteiger partial charge in [-0.1, -0.05) is 12.1 Å². The Morgan fingerprint density at radius 3 is 1.34 bits per heavy atom. The molecule has 1 atom stereocenters. The van der Waals surface area contributed by atoms with Crippen LogP contribution >= 0.6 is 0 Å². The molecule has 0 saturated carbocycles. The average molecular weight is 795 g/mol. The van der Waals surface area contributed by atoms with Crippen LogP contribution in [0, 0.1) is 0 Å². The maximum absolute atomic E-state index is 13.1. The van der Waals surface area contributed by atoms with Gasteiger partial charge in [0.1, 0.15) is 35.2 Å². The fourth-order valence-corrected chi connectivity index (χ4v) is 5.91. The molecule has 56 heavy (non-hydrogen) atoms. The first-order chi connectivity index (χ1) is 26.1. The molecule has 0 aliphatic carbocycles. The molecule has 0 unspecified atom stereocenters. The highest BCUT2D eigenvalue weighted by atomic mass is 16.6. The molecule has 1 heterocycles. The first-order valence-electron chi connectivity index (χ1n) is 19.8. The summed E-state index contributed by atoms with van der Waals surface area (Å²) in [5.41, 5.74) is -1.20. The van der Waals surface area contributed by atoms with E-state index in [4.69, 9.17) is 28.4 Å². The Morgan fingerprint density at radius 2 is 0.964 bits per heavy atom. The van der Waals surface area contributed by atoms with Gasteiger partial charge in [-0.2, -0.15) is 0 Å². The van der Waals surface area contributed by atoms with Gasteiger partial charge in [-0.25, -0.2) is 0 Å². The second kappa shape index (κ2) is 23.8. The number of carboxylic acids is 1. The van der Waals surface area contributed by atoms with E-state index in [0.717, 1.165) is 5.56 Å². The van der Waals surface area contributed by atoms with E-state index in [9.17, 15) is 24.3 Å². The molecular formula is C41H70N4O11. The zero-order valence-electron chi connectivity index (χ0n) is 35.7. The van der Waals surface area contributed by atoms with Crippen LogP contribution in [0.15, 0.2) is 24.3 Å². The molecule has 1 saturated heterocycles. The van der Waals surface area contributed by atoms with E-state index in [1.165, 1.54) is 0 Å². The fourth-order valence-electron chi connectivity index (χ4n) is 5.91. The lowest BCUT2D eigenvalue weighted by Crippen LogP contribution is -2.52. The van der Waals surface area contributed by atoms with Gasteiger partial charge >= 0.3 is 23.9 Å². The van der Waals surface area contributed by atoms with Crippen molar-refractivity contribution in [3.8, 4) is 5.75 Å². The van der Waals surface area contributed by atoms with Crippen molar-refractivity contribution >= 4 is 23.9 Å². The fraction of sp³-hybridized carbons (Fsp3) is 0.756. The standard InChI is InChI=1S/C41H70N4O11/c1-11-51-24-25-52-26-27-53-33-14-12-32(13-15-33)28-34(38(49)50)45-22-20-43(30-36(47)55-40(5,6)7)18-16-42(29-35(46)54-39(2,3)4)17-19-44(21-23-45)31-37(48)56-41(8,9)10/h12-15,34H,11,16-31H2,1-10H3,(H,49,50)/t34-/m0/s1. The van der Waals surface area contributed by atoms with Crippen LogP contribution in [0.25, 0.3) is 0 Å². The highest BCUT2D eigenvalue weighted by Gasteiger charge is 2.30. The van der Waals surface area contributed by atoms with E-state index >= 15 is 0 Å². The van der Waals surface area contributed by atoms with E-state index in [1.807, 2.05) is 113 Å². The van der Waals surface area contributed by atoms with Crippen LogP contribution in [0.3, 0.4) is 0 Å². The maximum atomic E-state index is 13.1. The van der Waals surface area contributed by atoms with Crippen molar-refractivity contribution in [1.29, 1.82) is 0 Å². The molecule has 15 heteroatoms. The molecule has 1 fully saturated rings. The van der Waals surface area contributed by atoms with Gasteiger partial charge in [-0.15, -0.1) is 0 Å². The highest BCUT2D eigenvalue weighted by Crippen LogP contribution is 2.17. The second-order valence-electron chi connectivity index (χ2n) is 17.0. The van der Waals surface area contributed by atoms with E-state index in [2.05, 4.69) is 0 Å². The van der Waals surface area contributed by atoms with Crippen molar-refractivity contribution in [3.05, 3.63) is 29.8 Å². The molecule has 15 nitrogen and oxygen atoms in total. The van der Waals surface area contributed by atoms with Gasteiger partial charge < -0.3 is 33.5 Å². The molecule has 0 radical (unpaired) electrons. The van der Waals surface area contributed by atoms with Gasteiger partial charge in [-0.3, -0.25) is 38.8 Å². The molecule has 1 N–H and O–H groups in total. The molecular weight excluding hydrogens is 724 g/mol. The zero-order chi connectivity index (χ0) is 41.9. The van der Waals surface area contributed by atoms with Gasteiger partial charge in [0.05, 0.1) is 39.5 Å². The number of carboxylic acid groups (broad SMARTS) is 1. The van der Waals surface area contributed by atoms with Crippen LogP contribution in [0.2, 0.25) is 0 Å². The molecule has 1 aromatic rings. The topological polar surface area (TPSA) is 157 Å². The first kappa shape index (κ1) is 48.8. The van der Waals surface area contributed by atoms with Crippen molar-refractivity contribution in [2.24, 2.45) is 0 Å². The van der Waals surface area contributed by atoms with E-state index in [-0.39, 0.29) is 32.0 Å². The van der Waals surface area contributed by atoms with Crippen molar-refractivity contribution in [3.63, 3.8) is 0 Å². The smallest absolute Gasteiger partial charge is 0.321 e. The number of ether oxygens (including phenoxy) is 6. The molecule has 0 amide bonds. The van der Waals surface area contributed by atoms with Crippen molar-refractivity contribution in [1.82, 2.24) is 19.6 Å². The molecule has 1 aromatic carbocycles. The summed E-state index contributed by atoms with van der Waals surface area (Å²) < 4.78 is 33.5. The summed E-state index contributed by atoms with van der Waals surface area (Å²) in [5.74, 6) is -1.50. The first-order valence-corrected chi connectivity index (χ1v) is 19.8. The van der Waals surface area contributed by atoms with E-state index < -0.39 is 40.8 Å². The summed E-state index contributed by atoms with van der Waals surface area (Å²) >= 11 is 0. The van der Waals surface area contributed by atoms with Crippen LogP contribution in [0.5, 0.6) is 5.75 Å². The number of carbonyl (C=O) groups excluding carboxylic acids is 3. The van der Waals surface area contributed by atoms with Crippen LogP contribution in [-0.4, -0.2) is 176 Å². The number of rotatable bonds is 18. The molecule has 1 aliphatic rings. The molecule has 320 valence electrons. The number of hydrogen-bond acceptors (Lipinski definition) is 14. The lowest BCUT2D eigenvalue weighted by atomic mass is 10.0. The van der Waals surface area contributed by atoms with Crippen LogP contribution in [0.4, 0.5) is 0 Å². The predicted molar refractivity (Wildman–Crippen MR) is 213 cm³/mol. The quantitative estimate of drug-likeness (QED) is 0.131. The summed E-state index contributed by atoms with van der Waals surface area (Å²) in [6.07, 6.45) is 0.220. The van der Waals surface area contributed by atoms with Gasteiger partial charge in [0.15, 0.2) is 0 Å². The number of aliphatic carboxylic acids is 1. The largest absolute Gasteiger partial charge is 0.491 e. The normalized spacial score (nSPS) is 17.0. The summed E-state index contributed by atoms with van der Waals surface area (Å²) in [4.78, 5) is 59.8. The third kappa shape index (κ3) is 22.4. The van der Waals surface area contributed by atoms with Crippen LogP contribution < -0.4 is 4.74 Å². The number of benzene rings is 1. The minimum absolute atomic E-state index is 0.00703. The molecule has 0 bridgehead atoms. The maximum Gasteiger partial charge on any atom is 0.321 e. The van der Waals surface area contributed by atoms with Crippen LogP contribution in [0.1, 0.15) is 74.8 Å². The summed E-state index contributed by atoms with van der Waals surface area (Å²) in [6.45, 7) is 23.7. The lowest BCUT2D eigenvalue weighted by molar-refractivity contribution is -0.158. The van der Waals surface area contributed by atoms with Crippen molar-refractivity contribution < 1.29 is 52.7 Å². The Bertz CT molecular complexity index is 1290. The monoisotopic (exact) mass is 795 g/mol. The van der Waals surface area contributed by atoms with Gasteiger partial charge in [0.2, 0.25) is 0 Å². The van der Waals surface area contributed by atoms with E-state index in [1.54, 1.807) is 0 Å². The molecule has 1 aliphatic heterocycles. The number of hydrogen-bond donors (Lipinski definition) is 1. The van der Waals surface area contributed by atoms with Crippen LogP contribution in [-0.2, 0) is 49.3 Å². The van der Waals surface area contributed by atoms with Crippen molar-refractivity contribution in [2.45, 2.75) is 98.5 Å².